The van der Waals surface area contributed by atoms with Crippen LogP contribution >= 0.6 is 0 Å². The second-order valence-corrected chi connectivity index (χ2v) is 2.75. The van der Waals surface area contributed by atoms with Gasteiger partial charge in [0.1, 0.15) is 0 Å². The molecule has 0 fully saturated rings. The molecule has 0 aromatic heterocycles. The van der Waals surface area contributed by atoms with Crippen LogP contribution in [0.25, 0.3) is 0 Å². The molecule has 1 radical (unpaired) electrons. The summed E-state index contributed by atoms with van der Waals surface area (Å²) >= 11 is 0. The third-order valence-electron chi connectivity index (χ3n) is 1.71. The van der Waals surface area contributed by atoms with Gasteiger partial charge in [-0.1, -0.05) is 18.2 Å². The monoisotopic (exact) mass is 163 g/mol. The highest BCUT2D eigenvalue weighted by Crippen LogP contribution is 2.04. The molecule has 1 rings (SSSR count). The van der Waals surface area contributed by atoms with Gasteiger partial charge in [0.2, 0.25) is 0 Å². The summed E-state index contributed by atoms with van der Waals surface area (Å²) in [5.74, 6) is 0. The number of anilines is 1. The molecule has 0 saturated carbocycles. The molecule has 0 bridgehead atoms. The van der Waals surface area contributed by atoms with Crippen molar-refractivity contribution >= 4 is 5.69 Å². The van der Waals surface area contributed by atoms with Gasteiger partial charge in [0, 0.05) is 18.8 Å². The number of rotatable bonds is 5. The van der Waals surface area contributed by atoms with E-state index < -0.39 is 0 Å². The predicted octanol–water partition coefficient (Wildman–Crippen LogP) is 2.16. The molecule has 0 aliphatic carbocycles. The molecule has 12 heavy (non-hydrogen) atoms. The Balaban J connectivity index is 2.16. The fraction of sp³-hybridized carbons (Fsp3) is 0.400. The highest BCUT2D eigenvalue weighted by atomic mass is 14.9. The Kier molecular flexibility index (Phi) is 4.24. The molecule has 0 aliphatic heterocycles. The second kappa shape index (κ2) is 5.61. The molecule has 0 amide bonds. The molecule has 2 nitrogen and oxygen atoms in total. The zero-order valence-corrected chi connectivity index (χ0v) is 7.22. The molecule has 0 saturated heterocycles. The minimum atomic E-state index is 0.538. The van der Waals surface area contributed by atoms with Gasteiger partial charge in [0.15, 0.2) is 0 Å². The maximum Gasteiger partial charge on any atom is 0.0340 e. The maximum absolute atomic E-state index is 6.96. The van der Waals surface area contributed by atoms with Gasteiger partial charge in [-0.05, 0) is 25.0 Å². The lowest BCUT2D eigenvalue weighted by molar-refractivity contribution is 0.763. The van der Waals surface area contributed by atoms with Crippen molar-refractivity contribution in [1.29, 1.82) is 0 Å². The fourth-order valence-electron chi connectivity index (χ4n) is 1.04. The Morgan fingerprint density at radius 3 is 2.50 bits per heavy atom. The molecule has 0 aliphatic rings. The summed E-state index contributed by atoms with van der Waals surface area (Å²) in [5.41, 5.74) is 8.13. The van der Waals surface area contributed by atoms with Crippen molar-refractivity contribution < 1.29 is 0 Å². The van der Waals surface area contributed by atoms with Crippen molar-refractivity contribution in [2.75, 3.05) is 18.4 Å². The first-order valence-corrected chi connectivity index (χ1v) is 4.37. The fourth-order valence-corrected chi connectivity index (χ4v) is 1.04. The van der Waals surface area contributed by atoms with E-state index in [1.165, 1.54) is 5.69 Å². The van der Waals surface area contributed by atoms with E-state index in [4.69, 9.17) is 5.73 Å². The van der Waals surface area contributed by atoms with Gasteiger partial charge in [0.05, 0.1) is 0 Å². The molecular weight excluding hydrogens is 148 g/mol. The van der Waals surface area contributed by atoms with Gasteiger partial charge < -0.3 is 5.32 Å². The standard InChI is InChI=1S/C10H15N2/c11-8-4-5-9-12-10-6-2-1-3-7-10/h1-3,6-7,11-12H,4-5,8-9H2. The number of hydrogen-bond donors (Lipinski definition) is 1. The van der Waals surface area contributed by atoms with Crippen molar-refractivity contribution in [3.05, 3.63) is 30.3 Å². The van der Waals surface area contributed by atoms with Gasteiger partial charge >= 0.3 is 0 Å². The molecular formula is C10H15N2. The number of nitrogens with one attached hydrogen (secondary N) is 2. The first-order chi connectivity index (χ1) is 5.93. The molecule has 2 heteroatoms. The van der Waals surface area contributed by atoms with E-state index in [-0.39, 0.29) is 0 Å². The van der Waals surface area contributed by atoms with Crippen LogP contribution in [0, 0.1) is 0 Å². The highest BCUT2D eigenvalue weighted by Gasteiger charge is 1.88. The van der Waals surface area contributed by atoms with E-state index in [2.05, 4.69) is 17.4 Å². The lowest BCUT2D eigenvalue weighted by Gasteiger charge is -2.04. The quantitative estimate of drug-likeness (QED) is 0.663. The predicted molar refractivity (Wildman–Crippen MR) is 52.1 cm³/mol. The van der Waals surface area contributed by atoms with E-state index in [0.29, 0.717) is 6.54 Å². The average Bonchev–Trinajstić information content (AvgIpc) is 2.14. The second-order valence-electron chi connectivity index (χ2n) is 2.75. The van der Waals surface area contributed by atoms with E-state index >= 15 is 0 Å². The summed E-state index contributed by atoms with van der Waals surface area (Å²) in [7, 11) is 0. The third kappa shape index (κ3) is 3.39. The summed E-state index contributed by atoms with van der Waals surface area (Å²) in [6, 6.07) is 10.2. The SMILES string of the molecule is [NH]CCCCNc1ccccc1. The topological polar surface area (TPSA) is 35.8 Å². The van der Waals surface area contributed by atoms with Crippen LogP contribution in [0.5, 0.6) is 0 Å². The molecule has 1 aromatic carbocycles. The molecule has 0 unspecified atom stereocenters. The van der Waals surface area contributed by atoms with Crippen molar-refractivity contribution in [1.82, 2.24) is 5.73 Å². The van der Waals surface area contributed by atoms with Crippen LogP contribution in [0.3, 0.4) is 0 Å². The van der Waals surface area contributed by atoms with E-state index in [0.717, 1.165) is 19.4 Å². The Hall–Kier alpha value is -1.02. The third-order valence-corrected chi connectivity index (χ3v) is 1.71. The first kappa shape index (κ1) is 9.07. The van der Waals surface area contributed by atoms with Crippen LogP contribution in [-0.4, -0.2) is 13.1 Å². The van der Waals surface area contributed by atoms with E-state index in [1.807, 2.05) is 18.2 Å². The summed E-state index contributed by atoms with van der Waals surface area (Å²) in [6.45, 7) is 1.51. The molecule has 65 valence electrons. The maximum atomic E-state index is 6.96. The normalized spacial score (nSPS) is 9.75. The molecule has 1 aromatic rings. The summed E-state index contributed by atoms with van der Waals surface area (Å²) in [5, 5.41) is 3.30. The van der Waals surface area contributed by atoms with Crippen molar-refractivity contribution in [3.63, 3.8) is 0 Å². The number of benzene rings is 1. The van der Waals surface area contributed by atoms with Crippen LogP contribution in [0.2, 0.25) is 0 Å². The Bertz CT molecular complexity index is 196. The minimum Gasteiger partial charge on any atom is -0.385 e. The van der Waals surface area contributed by atoms with Gasteiger partial charge in [0.25, 0.3) is 0 Å². The van der Waals surface area contributed by atoms with Crippen molar-refractivity contribution in [3.8, 4) is 0 Å². The van der Waals surface area contributed by atoms with Crippen molar-refractivity contribution in [2.24, 2.45) is 0 Å². The van der Waals surface area contributed by atoms with Crippen LogP contribution in [0.4, 0.5) is 5.69 Å². The molecule has 0 spiro atoms. The van der Waals surface area contributed by atoms with Crippen LogP contribution in [-0.2, 0) is 0 Å². The molecule has 0 heterocycles. The van der Waals surface area contributed by atoms with E-state index in [9.17, 15) is 0 Å². The van der Waals surface area contributed by atoms with Crippen LogP contribution in [0.1, 0.15) is 12.8 Å². The lowest BCUT2D eigenvalue weighted by Crippen LogP contribution is -2.02. The first-order valence-electron chi connectivity index (χ1n) is 4.37. The molecule has 2 N–H and O–H groups in total. The number of hydrogen-bond acceptors (Lipinski definition) is 1. The smallest absolute Gasteiger partial charge is 0.0340 e. The number of unbranched alkanes of at least 4 members (excludes halogenated alkanes) is 1. The number of para-hydroxylation sites is 1. The van der Waals surface area contributed by atoms with Gasteiger partial charge in [-0.2, -0.15) is 0 Å². The lowest BCUT2D eigenvalue weighted by atomic mass is 10.3. The average molecular weight is 163 g/mol. The van der Waals surface area contributed by atoms with Gasteiger partial charge in [-0.15, -0.1) is 0 Å². The summed E-state index contributed by atoms with van der Waals surface area (Å²) < 4.78 is 0. The highest BCUT2D eigenvalue weighted by molar-refractivity contribution is 5.42. The van der Waals surface area contributed by atoms with Crippen molar-refractivity contribution in [2.45, 2.75) is 12.8 Å². The molecule has 0 atom stereocenters. The summed E-state index contributed by atoms with van der Waals surface area (Å²) in [4.78, 5) is 0. The van der Waals surface area contributed by atoms with Gasteiger partial charge in [-0.25, -0.2) is 0 Å². The van der Waals surface area contributed by atoms with E-state index in [1.54, 1.807) is 0 Å². The Morgan fingerprint density at radius 2 is 1.83 bits per heavy atom. The van der Waals surface area contributed by atoms with Crippen LogP contribution < -0.4 is 11.1 Å². The summed E-state index contributed by atoms with van der Waals surface area (Å²) in [6.07, 6.45) is 2.07. The zero-order chi connectivity index (χ0) is 8.65. The van der Waals surface area contributed by atoms with Gasteiger partial charge in [-0.3, -0.25) is 5.73 Å². The Labute approximate surface area is 73.8 Å². The van der Waals surface area contributed by atoms with Crippen LogP contribution in [0.15, 0.2) is 30.3 Å². The largest absolute Gasteiger partial charge is 0.385 e. The Morgan fingerprint density at radius 1 is 1.08 bits per heavy atom. The minimum absolute atomic E-state index is 0.538. The zero-order valence-electron chi connectivity index (χ0n) is 7.22.